The van der Waals surface area contributed by atoms with Gasteiger partial charge in [-0.3, -0.25) is 4.79 Å². The number of carbonyl (C=O) groups excluding carboxylic acids is 1. The normalized spacial score (nSPS) is 21.7. The summed E-state index contributed by atoms with van der Waals surface area (Å²) in [5.41, 5.74) is 0.720. The van der Waals surface area contributed by atoms with Crippen LogP contribution >= 0.6 is 11.8 Å². The van der Waals surface area contributed by atoms with E-state index in [1.165, 1.54) is 0 Å². The topological polar surface area (TPSA) is 41.1 Å². The molecular weight excluding hydrogens is 220 g/mol. The third-order valence-corrected chi connectivity index (χ3v) is 3.97. The van der Waals surface area contributed by atoms with Crippen molar-refractivity contribution in [3.05, 3.63) is 35.9 Å². The van der Waals surface area contributed by atoms with Crippen LogP contribution in [0.4, 0.5) is 0 Å². The third-order valence-electron chi connectivity index (χ3n) is 2.59. The number of hydrogen-bond acceptors (Lipinski definition) is 3. The average molecular weight is 236 g/mol. The summed E-state index contributed by atoms with van der Waals surface area (Å²) in [6.07, 6.45) is 0. The van der Waals surface area contributed by atoms with Crippen LogP contribution in [0.25, 0.3) is 0 Å². The smallest absolute Gasteiger partial charge is 0.251 e. The second kappa shape index (κ2) is 5.37. The van der Waals surface area contributed by atoms with Crippen LogP contribution in [0.1, 0.15) is 17.3 Å². The maximum absolute atomic E-state index is 11.9. The molecule has 0 bridgehead atoms. The lowest BCUT2D eigenvalue weighted by Gasteiger charge is -2.20. The van der Waals surface area contributed by atoms with E-state index in [0.717, 1.165) is 17.9 Å². The van der Waals surface area contributed by atoms with E-state index in [0.29, 0.717) is 5.37 Å². The van der Waals surface area contributed by atoms with Gasteiger partial charge in [0.15, 0.2) is 0 Å². The highest BCUT2D eigenvalue weighted by Crippen LogP contribution is 2.17. The lowest BCUT2D eigenvalue weighted by molar-refractivity contribution is 0.0938. The van der Waals surface area contributed by atoms with E-state index in [1.54, 1.807) is 0 Å². The van der Waals surface area contributed by atoms with Gasteiger partial charge in [-0.05, 0) is 19.1 Å². The molecule has 2 N–H and O–H groups in total. The second-order valence-electron chi connectivity index (χ2n) is 3.87. The molecule has 0 spiro atoms. The molecule has 3 nitrogen and oxygen atoms in total. The maximum Gasteiger partial charge on any atom is 0.251 e. The summed E-state index contributed by atoms with van der Waals surface area (Å²) in [5.74, 6) is 1.12. The lowest BCUT2D eigenvalue weighted by atomic mass is 10.2. The van der Waals surface area contributed by atoms with Crippen LogP contribution in [-0.4, -0.2) is 29.6 Å². The minimum absolute atomic E-state index is 0.00222. The zero-order chi connectivity index (χ0) is 11.4. The first kappa shape index (κ1) is 11.5. The van der Waals surface area contributed by atoms with Gasteiger partial charge in [0.25, 0.3) is 5.91 Å². The van der Waals surface area contributed by atoms with E-state index in [9.17, 15) is 4.79 Å². The summed E-state index contributed by atoms with van der Waals surface area (Å²) in [5, 5.41) is 6.72. The summed E-state index contributed by atoms with van der Waals surface area (Å²) in [7, 11) is 0. The van der Waals surface area contributed by atoms with Crippen molar-refractivity contribution in [2.45, 2.75) is 18.3 Å². The van der Waals surface area contributed by atoms with Crippen LogP contribution in [0.2, 0.25) is 0 Å². The fourth-order valence-electron chi connectivity index (χ4n) is 1.72. The number of amides is 1. The first-order valence-electron chi connectivity index (χ1n) is 5.48. The minimum Gasteiger partial charge on any atom is -0.347 e. The summed E-state index contributed by atoms with van der Waals surface area (Å²) < 4.78 is 0. The molecular formula is C12H16N2OS. The molecule has 1 saturated heterocycles. The number of benzene rings is 1. The van der Waals surface area contributed by atoms with Crippen LogP contribution < -0.4 is 10.6 Å². The summed E-state index contributed by atoms with van der Waals surface area (Å²) >= 11 is 1.86. The van der Waals surface area contributed by atoms with Crippen molar-refractivity contribution in [1.29, 1.82) is 0 Å². The Hall–Kier alpha value is -1.00. The standard InChI is InChI=1S/C12H16N2OS/c1-9(12-13-7-8-16-12)14-11(15)10-5-3-2-4-6-10/h2-6,9,12-13H,7-8H2,1H3,(H,14,15). The minimum atomic E-state index is 0.00222. The first-order valence-corrected chi connectivity index (χ1v) is 6.53. The zero-order valence-electron chi connectivity index (χ0n) is 9.27. The Labute approximate surface area is 100.0 Å². The van der Waals surface area contributed by atoms with Gasteiger partial charge in [0.05, 0.1) is 11.4 Å². The molecule has 16 heavy (non-hydrogen) atoms. The van der Waals surface area contributed by atoms with E-state index in [4.69, 9.17) is 0 Å². The van der Waals surface area contributed by atoms with Crippen molar-refractivity contribution in [3.63, 3.8) is 0 Å². The van der Waals surface area contributed by atoms with Gasteiger partial charge >= 0.3 is 0 Å². The van der Waals surface area contributed by atoms with Crippen molar-refractivity contribution in [1.82, 2.24) is 10.6 Å². The number of rotatable bonds is 3. The zero-order valence-corrected chi connectivity index (χ0v) is 10.1. The van der Waals surface area contributed by atoms with Gasteiger partial charge < -0.3 is 10.6 Å². The number of nitrogens with one attached hydrogen (secondary N) is 2. The molecule has 0 aliphatic carbocycles. The fraction of sp³-hybridized carbons (Fsp3) is 0.417. The Bertz CT molecular complexity index is 349. The molecule has 4 heteroatoms. The van der Waals surface area contributed by atoms with Gasteiger partial charge in [0, 0.05) is 17.9 Å². The molecule has 2 unspecified atom stereocenters. The van der Waals surface area contributed by atoms with Crippen LogP contribution in [0.5, 0.6) is 0 Å². The first-order chi connectivity index (χ1) is 7.77. The van der Waals surface area contributed by atoms with E-state index < -0.39 is 0 Å². The Morgan fingerprint density at radius 2 is 2.25 bits per heavy atom. The van der Waals surface area contributed by atoms with Crippen LogP contribution in [0, 0.1) is 0 Å². The highest BCUT2D eigenvalue weighted by atomic mass is 32.2. The van der Waals surface area contributed by atoms with Gasteiger partial charge in [-0.1, -0.05) is 18.2 Å². The van der Waals surface area contributed by atoms with Gasteiger partial charge in [-0.25, -0.2) is 0 Å². The quantitative estimate of drug-likeness (QED) is 0.835. The largest absolute Gasteiger partial charge is 0.347 e. The van der Waals surface area contributed by atoms with Crippen molar-refractivity contribution in [3.8, 4) is 0 Å². The van der Waals surface area contributed by atoms with Crippen molar-refractivity contribution < 1.29 is 4.79 Å². The highest BCUT2D eigenvalue weighted by molar-refractivity contribution is 8.00. The summed E-state index contributed by atoms with van der Waals surface area (Å²) in [6.45, 7) is 3.07. The predicted molar refractivity (Wildman–Crippen MR) is 67.6 cm³/mol. The molecule has 0 radical (unpaired) electrons. The Morgan fingerprint density at radius 1 is 1.50 bits per heavy atom. The van der Waals surface area contributed by atoms with Gasteiger partial charge in [-0.15, -0.1) is 11.8 Å². The van der Waals surface area contributed by atoms with Gasteiger partial charge in [-0.2, -0.15) is 0 Å². The molecule has 0 aromatic heterocycles. The molecule has 1 aromatic carbocycles. The van der Waals surface area contributed by atoms with Crippen LogP contribution in [0.3, 0.4) is 0 Å². The second-order valence-corrected chi connectivity index (χ2v) is 5.12. The molecule has 1 aliphatic heterocycles. The van der Waals surface area contributed by atoms with E-state index in [2.05, 4.69) is 10.6 Å². The molecule has 1 heterocycles. The fourth-order valence-corrected chi connectivity index (χ4v) is 2.80. The van der Waals surface area contributed by atoms with Crippen molar-refractivity contribution >= 4 is 17.7 Å². The molecule has 1 amide bonds. The summed E-state index contributed by atoms with van der Waals surface area (Å²) in [4.78, 5) is 11.9. The molecule has 1 aliphatic rings. The van der Waals surface area contributed by atoms with Gasteiger partial charge in [0.2, 0.25) is 0 Å². The number of thioether (sulfide) groups is 1. The number of carbonyl (C=O) groups is 1. The monoisotopic (exact) mass is 236 g/mol. The Kier molecular flexibility index (Phi) is 3.85. The molecule has 2 rings (SSSR count). The molecule has 0 saturated carbocycles. The van der Waals surface area contributed by atoms with E-state index >= 15 is 0 Å². The SMILES string of the molecule is CC(NC(=O)c1ccccc1)C1NCCS1. The average Bonchev–Trinajstić information content (AvgIpc) is 2.83. The predicted octanol–water partition coefficient (Wildman–Crippen LogP) is 1.47. The Balaban J connectivity index is 1.92. The maximum atomic E-state index is 11.9. The van der Waals surface area contributed by atoms with Gasteiger partial charge in [0.1, 0.15) is 0 Å². The van der Waals surface area contributed by atoms with E-state index in [-0.39, 0.29) is 11.9 Å². The number of hydrogen-bond donors (Lipinski definition) is 2. The Morgan fingerprint density at radius 3 is 2.88 bits per heavy atom. The van der Waals surface area contributed by atoms with Crippen molar-refractivity contribution in [2.24, 2.45) is 0 Å². The molecule has 1 fully saturated rings. The highest BCUT2D eigenvalue weighted by Gasteiger charge is 2.22. The summed E-state index contributed by atoms with van der Waals surface area (Å²) in [6, 6.07) is 9.48. The third kappa shape index (κ3) is 2.77. The lowest BCUT2D eigenvalue weighted by Crippen LogP contribution is -2.44. The molecule has 1 aromatic rings. The molecule has 86 valence electrons. The van der Waals surface area contributed by atoms with Crippen LogP contribution in [-0.2, 0) is 0 Å². The molecule has 2 atom stereocenters. The van der Waals surface area contributed by atoms with Crippen LogP contribution in [0.15, 0.2) is 30.3 Å². The van der Waals surface area contributed by atoms with E-state index in [1.807, 2.05) is 49.0 Å². The van der Waals surface area contributed by atoms with Crippen molar-refractivity contribution in [2.75, 3.05) is 12.3 Å².